The Morgan fingerprint density at radius 3 is 2.62 bits per heavy atom. The Kier molecular flexibility index (Phi) is 5.57. The molecule has 128 valence electrons. The summed E-state index contributed by atoms with van der Waals surface area (Å²) in [5.41, 5.74) is 2.64. The number of nitrogens with zero attached hydrogens (tertiary/aromatic N) is 3. The Labute approximate surface area is 141 Å². The van der Waals surface area contributed by atoms with Gasteiger partial charge in [0.1, 0.15) is 5.82 Å². The Balaban J connectivity index is 1.97. The molecule has 0 radical (unpaired) electrons. The maximum Gasteiger partial charge on any atom is 0.244 e. The van der Waals surface area contributed by atoms with Crippen molar-refractivity contribution in [2.45, 2.75) is 20.4 Å². The van der Waals surface area contributed by atoms with Gasteiger partial charge < -0.3 is 15.5 Å². The van der Waals surface area contributed by atoms with Crippen molar-refractivity contribution in [1.82, 2.24) is 14.7 Å². The molecule has 1 heterocycles. The van der Waals surface area contributed by atoms with Crippen molar-refractivity contribution in [2.24, 2.45) is 7.05 Å². The summed E-state index contributed by atoms with van der Waals surface area (Å²) in [6, 6.07) is 9.44. The Morgan fingerprint density at radius 2 is 2.00 bits per heavy atom. The molecule has 0 atom stereocenters. The number of carbonyl (C=O) groups is 2. The minimum atomic E-state index is -0.160. The number of hydrogen-bond acceptors (Lipinski definition) is 4. The summed E-state index contributed by atoms with van der Waals surface area (Å²) in [7, 11) is 3.53. The molecule has 7 heteroatoms. The second kappa shape index (κ2) is 7.63. The fraction of sp³-hybridized carbons (Fsp3) is 0.353. The molecule has 0 bridgehead atoms. The first-order valence-electron chi connectivity index (χ1n) is 7.71. The lowest BCUT2D eigenvalue weighted by Gasteiger charge is -2.18. The van der Waals surface area contributed by atoms with E-state index >= 15 is 0 Å². The van der Waals surface area contributed by atoms with Crippen LogP contribution in [-0.4, -0.2) is 40.1 Å². The third-order valence-corrected chi connectivity index (χ3v) is 3.67. The van der Waals surface area contributed by atoms with Gasteiger partial charge in [-0.3, -0.25) is 14.3 Å². The van der Waals surface area contributed by atoms with Gasteiger partial charge in [0.05, 0.1) is 12.2 Å². The number of rotatable bonds is 6. The second-order valence-corrected chi connectivity index (χ2v) is 5.73. The Hall–Kier alpha value is -2.83. The lowest BCUT2D eigenvalue weighted by Crippen LogP contribution is -2.25. The van der Waals surface area contributed by atoms with Gasteiger partial charge in [0, 0.05) is 39.3 Å². The van der Waals surface area contributed by atoms with E-state index in [0.29, 0.717) is 12.4 Å². The highest BCUT2D eigenvalue weighted by molar-refractivity contribution is 5.93. The van der Waals surface area contributed by atoms with E-state index in [1.165, 1.54) is 6.92 Å². The normalized spacial score (nSPS) is 10.3. The van der Waals surface area contributed by atoms with Crippen LogP contribution in [-0.2, 0) is 23.2 Å². The van der Waals surface area contributed by atoms with Gasteiger partial charge >= 0.3 is 0 Å². The molecule has 2 aromatic rings. The molecule has 0 unspecified atom stereocenters. The molecule has 0 saturated carbocycles. The van der Waals surface area contributed by atoms with Crippen molar-refractivity contribution in [3.05, 3.63) is 41.6 Å². The van der Waals surface area contributed by atoms with Gasteiger partial charge in [0.2, 0.25) is 11.8 Å². The fourth-order valence-corrected chi connectivity index (χ4v) is 2.29. The minimum absolute atomic E-state index is 0.00544. The molecule has 0 aliphatic rings. The molecule has 2 amide bonds. The highest BCUT2D eigenvalue weighted by Gasteiger charge is 2.10. The minimum Gasteiger partial charge on any atom is -0.376 e. The predicted octanol–water partition coefficient (Wildman–Crippen LogP) is 1.76. The maximum absolute atomic E-state index is 12.1. The molecule has 1 aromatic carbocycles. The largest absolute Gasteiger partial charge is 0.376 e. The summed E-state index contributed by atoms with van der Waals surface area (Å²) < 4.78 is 1.63. The molecule has 0 fully saturated rings. The number of amides is 2. The first-order chi connectivity index (χ1) is 11.4. The van der Waals surface area contributed by atoms with Crippen molar-refractivity contribution in [2.75, 3.05) is 24.2 Å². The van der Waals surface area contributed by atoms with Gasteiger partial charge in [-0.05, 0) is 18.6 Å². The summed E-state index contributed by atoms with van der Waals surface area (Å²) in [5.74, 6) is 0.491. The Bertz CT molecular complexity index is 738. The highest BCUT2D eigenvalue weighted by atomic mass is 16.2. The van der Waals surface area contributed by atoms with Gasteiger partial charge in [0.15, 0.2) is 0 Å². The van der Waals surface area contributed by atoms with Crippen molar-refractivity contribution >= 4 is 23.3 Å². The van der Waals surface area contributed by atoms with E-state index < -0.39 is 0 Å². The SMILES string of the molecule is CC(=O)N(C)Cc1ccccc1NCC(=O)Nc1cc(C)nn1C. The molecule has 0 saturated heterocycles. The molecule has 0 aliphatic carbocycles. The molecule has 7 nitrogen and oxygen atoms in total. The predicted molar refractivity (Wildman–Crippen MR) is 93.7 cm³/mol. The van der Waals surface area contributed by atoms with Crippen molar-refractivity contribution in [3.63, 3.8) is 0 Å². The van der Waals surface area contributed by atoms with Crippen LogP contribution < -0.4 is 10.6 Å². The highest BCUT2D eigenvalue weighted by Crippen LogP contribution is 2.17. The second-order valence-electron chi connectivity index (χ2n) is 5.73. The van der Waals surface area contributed by atoms with E-state index in [1.807, 2.05) is 37.3 Å². The van der Waals surface area contributed by atoms with Gasteiger partial charge in [-0.2, -0.15) is 5.10 Å². The summed E-state index contributed by atoms with van der Waals surface area (Å²) in [6.07, 6.45) is 0. The van der Waals surface area contributed by atoms with E-state index in [2.05, 4.69) is 15.7 Å². The standard InChI is InChI=1S/C17H23N5O2/c1-12-9-16(22(4)20-12)19-17(24)10-18-15-8-6-5-7-14(15)11-21(3)13(2)23/h5-9,18H,10-11H2,1-4H3,(H,19,24). The van der Waals surface area contributed by atoms with Crippen LogP contribution in [0.25, 0.3) is 0 Å². The van der Waals surface area contributed by atoms with Crippen LogP contribution >= 0.6 is 0 Å². The van der Waals surface area contributed by atoms with E-state index in [1.54, 1.807) is 23.7 Å². The molecular formula is C17H23N5O2. The number of benzene rings is 1. The number of anilines is 2. The van der Waals surface area contributed by atoms with Crippen LogP contribution in [0.15, 0.2) is 30.3 Å². The zero-order valence-corrected chi connectivity index (χ0v) is 14.5. The van der Waals surface area contributed by atoms with E-state index in [0.717, 1.165) is 16.9 Å². The van der Waals surface area contributed by atoms with Gasteiger partial charge in [-0.1, -0.05) is 18.2 Å². The maximum atomic E-state index is 12.1. The lowest BCUT2D eigenvalue weighted by molar-refractivity contribution is -0.128. The smallest absolute Gasteiger partial charge is 0.244 e. The van der Waals surface area contributed by atoms with Crippen LogP contribution in [0.1, 0.15) is 18.2 Å². The monoisotopic (exact) mass is 329 g/mol. The van der Waals surface area contributed by atoms with Crippen LogP contribution in [0.4, 0.5) is 11.5 Å². The number of aromatic nitrogens is 2. The van der Waals surface area contributed by atoms with Crippen molar-refractivity contribution in [3.8, 4) is 0 Å². The summed E-state index contributed by atoms with van der Waals surface area (Å²) in [4.78, 5) is 25.1. The van der Waals surface area contributed by atoms with Crippen LogP contribution in [0.3, 0.4) is 0 Å². The first-order valence-corrected chi connectivity index (χ1v) is 7.71. The average molecular weight is 329 g/mol. The summed E-state index contributed by atoms with van der Waals surface area (Å²) in [5, 5.41) is 10.1. The van der Waals surface area contributed by atoms with Gasteiger partial charge in [-0.25, -0.2) is 0 Å². The number of hydrogen-bond donors (Lipinski definition) is 2. The number of para-hydroxylation sites is 1. The third-order valence-electron chi connectivity index (χ3n) is 3.67. The molecule has 2 rings (SSSR count). The quantitative estimate of drug-likeness (QED) is 0.846. The number of carbonyl (C=O) groups excluding carboxylic acids is 2. The van der Waals surface area contributed by atoms with Gasteiger partial charge in [-0.15, -0.1) is 0 Å². The fourth-order valence-electron chi connectivity index (χ4n) is 2.29. The average Bonchev–Trinajstić information content (AvgIpc) is 2.83. The van der Waals surface area contributed by atoms with Crippen LogP contribution in [0.5, 0.6) is 0 Å². The lowest BCUT2D eigenvalue weighted by atomic mass is 10.1. The summed E-state index contributed by atoms with van der Waals surface area (Å²) in [6.45, 7) is 4.02. The molecule has 0 spiro atoms. The zero-order chi connectivity index (χ0) is 17.7. The van der Waals surface area contributed by atoms with Crippen LogP contribution in [0.2, 0.25) is 0 Å². The molecular weight excluding hydrogens is 306 g/mol. The number of aryl methyl sites for hydroxylation is 2. The molecule has 24 heavy (non-hydrogen) atoms. The molecule has 0 aliphatic heterocycles. The third kappa shape index (κ3) is 4.58. The first kappa shape index (κ1) is 17.5. The number of nitrogens with one attached hydrogen (secondary N) is 2. The van der Waals surface area contributed by atoms with Crippen LogP contribution in [0, 0.1) is 6.92 Å². The van der Waals surface area contributed by atoms with E-state index in [-0.39, 0.29) is 18.4 Å². The zero-order valence-electron chi connectivity index (χ0n) is 14.5. The van der Waals surface area contributed by atoms with Gasteiger partial charge in [0.25, 0.3) is 0 Å². The summed E-state index contributed by atoms with van der Waals surface area (Å²) >= 11 is 0. The van der Waals surface area contributed by atoms with E-state index in [4.69, 9.17) is 0 Å². The van der Waals surface area contributed by atoms with Crippen molar-refractivity contribution in [1.29, 1.82) is 0 Å². The molecule has 1 aromatic heterocycles. The Morgan fingerprint density at radius 1 is 1.29 bits per heavy atom. The van der Waals surface area contributed by atoms with Crippen molar-refractivity contribution < 1.29 is 9.59 Å². The molecule has 2 N–H and O–H groups in total. The topological polar surface area (TPSA) is 79.3 Å². The van der Waals surface area contributed by atoms with E-state index in [9.17, 15) is 9.59 Å².